The first kappa shape index (κ1) is 22.1. The number of hydrogen-bond acceptors (Lipinski definition) is 6. The molecule has 0 aromatic heterocycles. The molecule has 1 fully saturated rings. The molecule has 0 spiro atoms. The van der Waals surface area contributed by atoms with Gasteiger partial charge in [0, 0.05) is 13.1 Å². The van der Waals surface area contributed by atoms with Crippen LogP contribution in [0.25, 0.3) is 0 Å². The molecule has 168 valence electrons. The van der Waals surface area contributed by atoms with Crippen molar-refractivity contribution in [2.24, 2.45) is 0 Å². The lowest BCUT2D eigenvalue weighted by molar-refractivity contribution is 0.0730. The van der Waals surface area contributed by atoms with Gasteiger partial charge in [-0.2, -0.15) is 4.31 Å². The van der Waals surface area contributed by atoms with Crippen LogP contribution < -0.4 is 9.46 Å². The highest BCUT2D eigenvalue weighted by Crippen LogP contribution is 2.32. The second-order valence-electron chi connectivity index (χ2n) is 7.50. The number of hydrogen-bond donors (Lipinski definition) is 1. The molecule has 0 bridgehead atoms. The highest BCUT2D eigenvalue weighted by Gasteiger charge is 2.28. The van der Waals surface area contributed by atoms with Crippen molar-refractivity contribution in [3.05, 3.63) is 47.5 Å². The maximum Gasteiger partial charge on any atom is 0.262 e. The number of sulfonamides is 2. The topological polar surface area (TPSA) is 102 Å². The quantitative estimate of drug-likeness (QED) is 0.672. The van der Waals surface area contributed by atoms with Crippen LogP contribution in [0, 0.1) is 0 Å². The Bertz CT molecular complexity index is 1170. The Morgan fingerprint density at radius 3 is 2.42 bits per heavy atom. The highest BCUT2D eigenvalue weighted by molar-refractivity contribution is 7.92. The lowest BCUT2D eigenvalue weighted by Gasteiger charge is -2.26. The molecule has 1 aliphatic heterocycles. The molecule has 0 radical (unpaired) electrons. The summed E-state index contributed by atoms with van der Waals surface area (Å²) in [6.07, 6.45) is 2.83. The normalized spacial score (nSPS) is 17.3. The average Bonchev–Trinajstić information content (AvgIpc) is 3.23. The second-order valence-corrected chi connectivity index (χ2v) is 11.1. The average molecular weight is 467 g/mol. The Morgan fingerprint density at radius 2 is 1.68 bits per heavy atom. The molecule has 1 saturated heterocycles. The highest BCUT2D eigenvalue weighted by atomic mass is 32.2. The fraction of sp³-hybridized carbons (Fsp3) is 0.429. The van der Waals surface area contributed by atoms with Crippen molar-refractivity contribution in [1.29, 1.82) is 0 Å². The minimum atomic E-state index is -3.92. The van der Waals surface area contributed by atoms with Crippen molar-refractivity contribution in [3.63, 3.8) is 0 Å². The number of benzene rings is 2. The van der Waals surface area contributed by atoms with E-state index in [4.69, 9.17) is 9.47 Å². The van der Waals surface area contributed by atoms with Gasteiger partial charge in [0.05, 0.1) is 35.3 Å². The standard InChI is InChI=1S/C21H26N2O6S2/c1-2-29-21-9-8-19(31(26,27)23-10-12-28-13-11-23)15-20(21)22-30(24,25)18-7-6-16-4-3-5-17(16)14-18/h6-9,14-15,22H,2-5,10-13H2,1H3. The first-order valence-corrected chi connectivity index (χ1v) is 13.2. The minimum absolute atomic E-state index is 0.00417. The summed E-state index contributed by atoms with van der Waals surface area (Å²) in [5, 5.41) is 0. The number of nitrogens with zero attached hydrogens (tertiary/aromatic N) is 1. The van der Waals surface area contributed by atoms with Crippen molar-refractivity contribution in [2.75, 3.05) is 37.6 Å². The third kappa shape index (κ3) is 4.57. The van der Waals surface area contributed by atoms with Gasteiger partial charge in [-0.05, 0) is 67.6 Å². The molecular formula is C21H26N2O6S2. The molecule has 1 heterocycles. The predicted octanol–water partition coefficient (Wildman–Crippen LogP) is 2.40. The Morgan fingerprint density at radius 1 is 0.968 bits per heavy atom. The van der Waals surface area contributed by atoms with E-state index in [9.17, 15) is 16.8 Å². The lowest BCUT2D eigenvalue weighted by atomic mass is 10.1. The predicted molar refractivity (Wildman–Crippen MR) is 116 cm³/mol. The molecule has 4 rings (SSSR count). The van der Waals surface area contributed by atoms with E-state index in [-0.39, 0.29) is 34.3 Å². The second kappa shape index (κ2) is 8.78. The summed E-state index contributed by atoms with van der Waals surface area (Å²) in [6.45, 7) is 3.25. The molecular weight excluding hydrogens is 440 g/mol. The van der Waals surface area contributed by atoms with Gasteiger partial charge in [-0.25, -0.2) is 16.8 Å². The fourth-order valence-corrected chi connectivity index (χ4v) is 6.43. The number of morpholine rings is 1. The zero-order chi connectivity index (χ0) is 22.1. The molecule has 1 aliphatic carbocycles. The summed E-state index contributed by atoms with van der Waals surface area (Å²) < 4.78 is 66.9. The minimum Gasteiger partial charge on any atom is -0.492 e. The van der Waals surface area contributed by atoms with E-state index in [1.807, 2.05) is 6.07 Å². The maximum absolute atomic E-state index is 13.1. The maximum atomic E-state index is 13.1. The van der Waals surface area contributed by atoms with Crippen molar-refractivity contribution in [1.82, 2.24) is 4.31 Å². The summed E-state index contributed by atoms with van der Waals surface area (Å²) in [4.78, 5) is 0.154. The van der Waals surface area contributed by atoms with Gasteiger partial charge in [-0.1, -0.05) is 6.07 Å². The van der Waals surface area contributed by atoms with Crippen molar-refractivity contribution in [2.45, 2.75) is 36.0 Å². The molecule has 0 atom stereocenters. The van der Waals surface area contributed by atoms with E-state index in [0.717, 1.165) is 24.8 Å². The van der Waals surface area contributed by atoms with E-state index in [2.05, 4.69) is 4.72 Å². The monoisotopic (exact) mass is 466 g/mol. The Kier molecular flexibility index (Phi) is 6.25. The molecule has 2 aromatic carbocycles. The summed E-state index contributed by atoms with van der Waals surface area (Å²) in [6, 6.07) is 9.36. The number of rotatable bonds is 7. The summed E-state index contributed by atoms with van der Waals surface area (Å²) in [5.74, 6) is 0.271. The third-order valence-electron chi connectivity index (χ3n) is 5.48. The smallest absolute Gasteiger partial charge is 0.262 e. The zero-order valence-electron chi connectivity index (χ0n) is 17.3. The van der Waals surface area contributed by atoms with Gasteiger partial charge in [-0.15, -0.1) is 0 Å². The van der Waals surface area contributed by atoms with Gasteiger partial charge in [-0.3, -0.25) is 4.72 Å². The van der Waals surface area contributed by atoms with E-state index < -0.39 is 20.0 Å². The SMILES string of the molecule is CCOc1ccc(S(=O)(=O)N2CCOCC2)cc1NS(=O)(=O)c1ccc2c(c1)CCC2. The van der Waals surface area contributed by atoms with Crippen molar-refractivity contribution >= 4 is 25.7 Å². The molecule has 0 amide bonds. The van der Waals surface area contributed by atoms with E-state index in [1.165, 1.54) is 28.1 Å². The molecule has 1 N–H and O–H groups in total. The van der Waals surface area contributed by atoms with Gasteiger partial charge >= 0.3 is 0 Å². The fourth-order valence-electron chi connectivity index (χ4n) is 3.89. The van der Waals surface area contributed by atoms with Crippen molar-refractivity contribution < 1.29 is 26.3 Å². The Labute approximate surface area is 183 Å². The van der Waals surface area contributed by atoms with Crippen molar-refractivity contribution in [3.8, 4) is 5.75 Å². The molecule has 31 heavy (non-hydrogen) atoms. The van der Waals surface area contributed by atoms with E-state index in [0.29, 0.717) is 19.8 Å². The van der Waals surface area contributed by atoms with Crippen LogP contribution in [0.4, 0.5) is 5.69 Å². The molecule has 10 heteroatoms. The third-order valence-corrected chi connectivity index (χ3v) is 8.74. The number of anilines is 1. The van der Waals surface area contributed by atoms with E-state index in [1.54, 1.807) is 19.1 Å². The van der Waals surface area contributed by atoms with Gasteiger partial charge in [0.15, 0.2) is 0 Å². The van der Waals surface area contributed by atoms with Crippen LogP contribution >= 0.6 is 0 Å². The molecule has 0 saturated carbocycles. The number of aryl methyl sites for hydroxylation is 2. The van der Waals surface area contributed by atoms with Crippen LogP contribution in [0.5, 0.6) is 5.75 Å². The molecule has 8 nitrogen and oxygen atoms in total. The largest absolute Gasteiger partial charge is 0.492 e. The summed E-state index contributed by atoms with van der Waals surface area (Å²) in [7, 11) is -7.70. The van der Waals surface area contributed by atoms with Gasteiger partial charge in [0.25, 0.3) is 10.0 Å². The van der Waals surface area contributed by atoms with Crippen LogP contribution in [0.2, 0.25) is 0 Å². The number of nitrogens with one attached hydrogen (secondary N) is 1. The van der Waals surface area contributed by atoms with Gasteiger partial charge in [0.1, 0.15) is 5.75 Å². The zero-order valence-corrected chi connectivity index (χ0v) is 19.0. The van der Waals surface area contributed by atoms with Gasteiger partial charge in [0.2, 0.25) is 10.0 Å². The van der Waals surface area contributed by atoms with Crippen LogP contribution in [0.1, 0.15) is 24.5 Å². The van der Waals surface area contributed by atoms with Crippen LogP contribution in [-0.4, -0.2) is 54.1 Å². The summed E-state index contributed by atoms with van der Waals surface area (Å²) in [5.41, 5.74) is 2.31. The molecule has 2 aliphatic rings. The van der Waals surface area contributed by atoms with Crippen LogP contribution in [0.3, 0.4) is 0 Å². The van der Waals surface area contributed by atoms with Gasteiger partial charge < -0.3 is 9.47 Å². The molecule has 0 unspecified atom stereocenters. The van der Waals surface area contributed by atoms with Crippen LogP contribution in [-0.2, 0) is 37.6 Å². The number of ether oxygens (including phenoxy) is 2. The number of fused-ring (bicyclic) bond motifs is 1. The molecule has 2 aromatic rings. The van der Waals surface area contributed by atoms with E-state index >= 15 is 0 Å². The Balaban J connectivity index is 1.68. The first-order valence-electron chi connectivity index (χ1n) is 10.3. The van der Waals surface area contributed by atoms with Crippen LogP contribution in [0.15, 0.2) is 46.2 Å². The first-order chi connectivity index (χ1) is 14.8. The summed E-state index contributed by atoms with van der Waals surface area (Å²) >= 11 is 0. The Hall–Kier alpha value is -2.14. The lowest BCUT2D eigenvalue weighted by Crippen LogP contribution is -2.40.